The predicted octanol–water partition coefficient (Wildman–Crippen LogP) is 4.54. The van der Waals surface area contributed by atoms with E-state index in [2.05, 4.69) is 10.3 Å². The van der Waals surface area contributed by atoms with E-state index in [0.29, 0.717) is 22.0 Å². The lowest BCUT2D eigenvalue weighted by atomic mass is 10.2. The summed E-state index contributed by atoms with van der Waals surface area (Å²) in [5, 5.41) is 3.57. The fraction of sp³-hybridized carbons (Fsp3) is 0.174. The van der Waals surface area contributed by atoms with E-state index in [9.17, 15) is 9.59 Å². The summed E-state index contributed by atoms with van der Waals surface area (Å²) < 4.78 is 5.33. The van der Waals surface area contributed by atoms with Gasteiger partial charge >= 0.3 is 0 Å². The van der Waals surface area contributed by atoms with Gasteiger partial charge in [-0.25, -0.2) is 4.98 Å². The minimum atomic E-state index is -0.188. The van der Waals surface area contributed by atoms with Crippen molar-refractivity contribution in [3.63, 3.8) is 0 Å². The number of nitrogens with one attached hydrogen (secondary N) is 1. The molecule has 0 fully saturated rings. The number of fused-ring (bicyclic) bond motifs is 2. The van der Waals surface area contributed by atoms with Crippen LogP contribution in [0, 0.1) is 6.92 Å². The van der Waals surface area contributed by atoms with E-state index in [1.807, 2.05) is 49.4 Å². The molecule has 4 rings (SSSR count). The van der Waals surface area contributed by atoms with Crippen molar-refractivity contribution in [2.24, 2.45) is 0 Å². The van der Waals surface area contributed by atoms with Crippen molar-refractivity contribution in [1.82, 2.24) is 4.98 Å². The van der Waals surface area contributed by atoms with Gasteiger partial charge in [0.2, 0.25) is 5.91 Å². The number of methoxy groups -OCH3 is 1. The molecule has 0 radical (unpaired) electrons. The summed E-state index contributed by atoms with van der Waals surface area (Å²) in [6.07, 6.45) is 1.83. The second-order valence-electron chi connectivity index (χ2n) is 6.88. The Morgan fingerprint density at radius 2 is 2.00 bits per heavy atom. The SMILES string of the molecule is COc1ccc(C)cc1NC(=O)CCN1C(=O)c2cccnc2Sc2ccccc21. The zero-order chi connectivity index (χ0) is 21.1. The van der Waals surface area contributed by atoms with Crippen LogP contribution in [0.2, 0.25) is 0 Å². The van der Waals surface area contributed by atoms with Crippen LogP contribution in [-0.2, 0) is 4.79 Å². The number of pyridine rings is 1. The monoisotopic (exact) mass is 419 g/mol. The first-order chi connectivity index (χ1) is 14.6. The number of carbonyl (C=O) groups is 2. The number of para-hydroxylation sites is 1. The maximum absolute atomic E-state index is 13.2. The molecular formula is C23H21N3O3S. The lowest BCUT2D eigenvalue weighted by Crippen LogP contribution is -2.34. The van der Waals surface area contributed by atoms with Crippen LogP contribution in [0.3, 0.4) is 0 Å². The smallest absolute Gasteiger partial charge is 0.261 e. The molecule has 152 valence electrons. The lowest BCUT2D eigenvalue weighted by molar-refractivity contribution is -0.116. The van der Waals surface area contributed by atoms with Crippen molar-refractivity contribution in [3.8, 4) is 5.75 Å². The number of carbonyl (C=O) groups excluding carboxylic acids is 2. The standard InChI is InChI=1S/C23H21N3O3S/c1-15-9-10-19(29-2)17(14-15)25-21(27)11-13-26-18-7-3-4-8-20(18)30-22-16(23(26)28)6-5-12-24-22/h3-10,12,14H,11,13H2,1-2H3,(H,25,27). The topological polar surface area (TPSA) is 71.5 Å². The van der Waals surface area contributed by atoms with Crippen molar-refractivity contribution in [2.75, 3.05) is 23.9 Å². The molecule has 0 spiro atoms. The highest BCUT2D eigenvalue weighted by Gasteiger charge is 2.28. The van der Waals surface area contributed by atoms with Crippen molar-refractivity contribution < 1.29 is 14.3 Å². The number of aryl methyl sites for hydroxylation is 1. The number of benzene rings is 2. The number of aromatic nitrogens is 1. The summed E-state index contributed by atoms with van der Waals surface area (Å²) in [6, 6.07) is 16.8. The second kappa shape index (κ2) is 8.59. The van der Waals surface area contributed by atoms with Gasteiger partial charge in [-0.15, -0.1) is 0 Å². The Balaban J connectivity index is 1.56. The van der Waals surface area contributed by atoms with Crippen molar-refractivity contribution in [2.45, 2.75) is 23.3 Å². The Bertz CT molecular complexity index is 1120. The molecule has 3 aromatic rings. The average molecular weight is 420 g/mol. The van der Waals surface area contributed by atoms with Crippen LogP contribution in [0.5, 0.6) is 5.75 Å². The van der Waals surface area contributed by atoms with E-state index in [1.54, 1.807) is 30.3 Å². The number of nitrogens with zero attached hydrogens (tertiary/aromatic N) is 2. The molecule has 0 saturated carbocycles. The Morgan fingerprint density at radius 1 is 1.17 bits per heavy atom. The molecule has 1 aromatic heterocycles. The highest BCUT2D eigenvalue weighted by atomic mass is 32.2. The molecule has 0 atom stereocenters. The van der Waals surface area contributed by atoms with Gasteiger partial charge in [0, 0.05) is 24.1 Å². The molecule has 1 aliphatic rings. The number of hydrogen-bond acceptors (Lipinski definition) is 5. The maximum Gasteiger partial charge on any atom is 0.261 e. The molecule has 0 saturated heterocycles. The number of ether oxygens (including phenoxy) is 1. The summed E-state index contributed by atoms with van der Waals surface area (Å²) in [7, 11) is 1.57. The molecule has 1 aliphatic heterocycles. The zero-order valence-electron chi connectivity index (χ0n) is 16.7. The van der Waals surface area contributed by atoms with Gasteiger partial charge in [0.15, 0.2) is 0 Å². The third-order valence-corrected chi connectivity index (χ3v) is 5.88. The first-order valence-electron chi connectivity index (χ1n) is 9.55. The number of hydrogen-bond donors (Lipinski definition) is 1. The van der Waals surface area contributed by atoms with Crippen LogP contribution in [0.4, 0.5) is 11.4 Å². The Hall–Kier alpha value is -3.32. The molecule has 1 N–H and O–H groups in total. The Morgan fingerprint density at radius 3 is 2.83 bits per heavy atom. The molecule has 0 unspecified atom stereocenters. The minimum Gasteiger partial charge on any atom is -0.495 e. The summed E-state index contributed by atoms with van der Waals surface area (Å²) in [5.74, 6) is 0.255. The number of rotatable bonds is 5. The highest BCUT2D eigenvalue weighted by Crippen LogP contribution is 2.40. The van der Waals surface area contributed by atoms with Crippen LogP contribution in [-0.4, -0.2) is 30.5 Å². The van der Waals surface area contributed by atoms with Gasteiger partial charge in [-0.05, 0) is 48.9 Å². The van der Waals surface area contributed by atoms with Gasteiger partial charge in [0.1, 0.15) is 10.8 Å². The van der Waals surface area contributed by atoms with Crippen molar-refractivity contribution in [3.05, 3.63) is 71.9 Å². The van der Waals surface area contributed by atoms with E-state index < -0.39 is 0 Å². The van der Waals surface area contributed by atoms with Gasteiger partial charge in [0.05, 0.1) is 24.0 Å². The third kappa shape index (κ3) is 4.02. The summed E-state index contributed by atoms with van der Waals surface area (Å²) in [4.78, 5) is 32.9. The quantitative estimate of drug-likeness (QED) is 0.657. The summed E-state index contributed by atoms with van der Waals surface area (Å²) in [6.45, 7) is 2.20. The van der Waals surface area contributed by atoms with E-state index >= 15 is 0 Å². The minimum absolute atomic E-state index is 0.150. The predicted molar refractivity (Wildman–Crippen MR) is 117 cm³/mol. The Labute approximate surface area is 179 Å². The van der Waals surface area contributed by atoms with Gasteiger partial charge in [0.25, 0.3) is 5.91 Å². The van der Waals surface area contributed by atoms with E-state index in [1.165, 1.54) is 11.8 Å². The first kappa shape index (κ1) is 20.0. The molecule has 6 nitrogen and oxygen atoms in total. The lowest BCUT2D eigenvalue weighted by Gasteiger charge is -2.22. The fourth-order valence-electron chi connectivity index (χ4n) is 3.33. The van der Waals surface area contributed by atoms with Crippen LogP contribution in [0.1, 0.15) is 22.3 Å². The molecule has 0 aliphatic carbocycles. The van der Waals surface area contributed by atoms with Crippen LogP contribution in [0.25, 0.3) is 0 Å². The molecule has 2 aromatic carbocycles. The third-order valence-electron chi connectivity index (χ3n) is 4.80. The number of anilines is 2. The van der Waals surface area contributed by atoms with Gasteiger partial charge in [-0.3, -0.25) is 9.59 Å². The number of amides is 2. The van der Waals surface area contributed by atoms with Crippen LogP contribution in [0.15, 0.2) is 70.7 Å². The maximum atomic E-state index is 13.2. The highest BCUT2D eigenvalue weighted by molar-refractivity contribution is 7.99. The summed E-state index contributed by atoms with van der Waals surface area (Å²) >= 11 is 1.46. The largest absolute Gasteiger partial charge is 0.495 e. The van der Waals surface area contributed by atoms with Crippen LogP contribution < -0.4 is 15.0 Å². The van der Waals surface area contributed by atoms with Gasteiger partial charge < -0.3 is 15.0 Å². The normalized spacial score (nSPS) is 12.6. The average Bonchev–Trinajstić information content (AvgIpc) is 2.86. The van der Waals surface area contributed by atoms with Gasteiger partial charge in [-0.2, -0.15) is 0 Å². The second-order valence-corrected chi connectivity index (χ2v) is 7.92. The molecule has 2 heterocycles. The van der Waals surface area contributed by atoms with E-state index in [4.69, 9.17) is 4.74 Å². The van der Waals surface area contributed by atoms with Crippen molar-refractivity contribution >= 4 is 35.0 Å². The fourth-order valence-corrected chi connectivity index (χ4v) is 4.34. The molecule has 30 heavy (non-hydrogen) atoms. The molecule has 2 amide bonds. The molecular weight excluding hydrogens is 398 g/mol. The summed E-state index contributed by atoms with van der Waals surface area (Å²) in [5.41, 5.74) is 2.96. The van der Waals surface area contributed by atoms with Crippen molar-refractivity contribution in [1.29, 1.82) is 0 Å². The Kier molecular flexibility index (Phi) is 5.72. The van der Waals surface area contributed by atoms with E-state index in [0.717, 1.165) is 16.1 Å². The molecule has 0 bridgehead atoms. The zero-order valence-corrected chi connectivity index (χ0v) is 17.5. The molecule has 7 heteroatoms. The van der Waals surface area contributed by atoms with Gasteiger partial charge in [-0.1, -0.05) is 30.0 Å². The van der Waals surface area contributed by atoms with E-state index in [-0.39, 0.29) is 24.8 Å². The first-order valence-corrected chi connectivity index (χ1v) is 10.4. The van der Waals surface area contributed by atoms with Crippen LogP contribution >= 0.6 is 11.8 Å².